The molecule has 0 heterocycles. The van der Waals surface area contributed by atoms with Gasteiger partial charge in [0.25, 0.3) is 0 Å². The Kier molecular flexibility index (Phi) is 3.82. The first-order valence-corrected chi connectivity index (χ1v) is 8.99. The maximum absolute atomic E-state index is 3.78. The van der Waals surface area contributed by atoms with E-state index in [1.165, 1.54) is 9.42 Å². The number of hydrogen-bond acceptors (Lipinski definition) is 1. The molecule has 0 N–H and O–H groups in total. The van der Waals surface area contributed by atoms with Crippen LogP contribution in [0.5, 0.6) is 0 Å². The average molecular weight is 220 g/mol. The summed E-state index contributed by atoms with van der Waals surface area (Å²) in [4.78, 5) is 1.28. The highest BCUT2D eigenvalue weighted by atomic mass is 32.2. The summed E-state index contributed by atoms with van der Waals surface area (Å²) in [6, 6.07) is 10.4. The Labute approximate surface area is 91.7 Å². The fraction of sp³-hybridized carbons (Fsp3) is 0.250. The van der Waals surface area contributed by atoms with Crippen LogP contribution < -0.4 is 0 Å². The Balaban J connectivity index is 2.84. The van der Waals surface area contributed by atoms with Gasteiger partial charge >= 0.3 is 0 Å². The van der Waals surface area contributed by atoms with Gasteiger partial charge in [0, 0.05) is 9.42 Å². The molecule has 74 valence electrons. The zero-order valence-electron chi connectivity index (χ0n) is 9.00. The Bertz CT molecular complexity index is 342. The third kappa shape index (κ3) is 3.22. The summed E-state index contributed by atoms with van der Waals surface area (Å²) in [6.45, 7) is 10.7. The van der Waals surface area contributed by atoms with Crippen LogP contribution in [0.1, 0.15) is 0 Å². The fourth-order valence-corrected chi connectivity index (χ4v) is 3.77. The summed E-state index contributed by atoms with van der Waals surface area (Å²) >= 11 is 1.80. The van der Waals surface area contributed by atoms with E-state index in [0.29, 0.717) is 0 Å². The smallest absolute Gasteiger partial charge is 0.0962 e. The van der Waals surface area contributed by atoms with Crippen LogP contribution in [0, 0.1) is 0 Å². The van der Waals surface area contributed by atoms with Crippen molar-refractivity contribution in [1.29, 1.82) is 0 Å². The van der Waals surface area contributed by atoms with Crippen molar-refractivity contribution in [2.75, 3.05) is 0 Å². The van der Waals surface area contributed by atoms with E-state index in [4.69, 9.17) is 0 Å². The quantitative estimate of drug-likeness (QED) is 0.415. The Hall–Kier alpha value is -0.693. The van der Waals surface area contributed by atoms with Crippen LogP contribution in [0.25, 0.3) is 0 Å². The largest absolute Gasteiger partial charge is 0.123 e. The Morgan fingerprint density at radius 1 is 1.21 bits per heavy atom. The third-order valence-corrected chi connectivity index (χ3v) is 6.34. The van der Waals surface area contributed by atoms with Gasteiger partial charge in [0.2, 0.25) is 0 Å². The normalized spacial score (nSPS) is 10.8. The van der Waals surface area contributed by atoms with E-state index >= 15 is 0 Å². The van der Waals surface area contributed by atoms with E-state index in [9.17, 15) is 0 Å². The van der Waals surface area contributed by atoms with E-state index in [-0.39, 0.29) is 0 Å². The van der Waals surface area contributed by atoms with Crippen molar-refractivity contribution in [3.63, 3.8) is 0 Å². The van der Waals surface area contributed by atoms with Crippen LogP contribution in [-0.2, 0) is 0 Å². The lowest BCUT2D eigenvalue weighted by atomic mass is 10.4. The van der Waals surface area contributed by atoms with Crippen molar-refractivity contribution in [2.45, 2.75) is 24.5 Å². The number of benzene rings is 1. The van der Waals surface area contributed by atoms with Gasteiger partial charge < -0.3 is 0 Å². The van der Waals surface area contributed by atoms with E-state index in [0.717, 1.165) is 0 Å². The van der Waals surface area contributed by atoms with Gasteiger partial charge in [-0.2, -0.15) is 0 Å². The number of rotatable bonds is 3. The first-order chi connectivity index (χ1) is 6.54. The molecular weight excluding hydrogens is 204 g/mol. The van der Waals surface area contributed by atoms with Crippen LogP contribution in [-0.4, -0.2) is 8.07 Å². The van der Waals surface area contributed by atoms with Crippen LogP contribution in [0.2, 0.25) is 19.6 Å². The minimum atomic E-state index is -1.26. The SMILES string of the molecule is C=C=C(Sc1ccccc1)[Si](C)(C)C. The van der Waals surface area contributed by atoms with Crippen molar-refractivity contribution >= 4 is 19.8 Å². The maximum atomic E-state index is 3.78. The molecule has 1 aromatic rings. The molecule has 0 aliphatic heterocycles. The minimum absolute atomic E-state index is 1.26. The number of hydrogen-bond donors (Lipinski definition) is 0. The highest BCUT2D eigenvalue weighted by molar-refractivity contribution is 8.05. The molecule has 0 fully saturated rings. The van der Waals surface area contributed by atoms with Gasteiger partial charge in [-0.25, -0.2) is 0 Å². The van der Waals surface area contributed by atoms with Gasteiger partial charge in [-0.3, -0.25) is 0 Å². The molecule has 14 heavy (non-hydrogen) atoms. The predicted octanol–water partition coefficient (Wildman–Crippen LogP) is 4.32. The highest BCUT2D eigenvalue weighted by Gasteiger charge is 2.20. The summed E-state index contributed by atoms with van der Waals surface area (Å²) in [7, 11) is -1.26. The molecule has 1 aromatic carbocycles. The predicted molar refractivity (Wildman–Crippen MR) is 68.3 cm³/mol. The Morgan fingerprint density at radius 3 is 2.21 bits per heavy atom. The zero-order chi connectivity index (χ0) is 10.6. The topological polar surface area (TPSA) is 0 Å². The average Bonchev–Trinajstić information content (AvgIpc) is 2.14. The van der Waals surface area contributed by atoms with E-state index in [1.807, 2.05) is 6.07 Å². The molecule has 0 bridgehead atoms. The summed E-state index contributed by atoms with van der Waals surface area (Å²) < 4.78 is 1.32. The van der Waals surface area contributed by atoms with Gasteiger partial charge in [0.1, 0.15) is 0 Å². The molecule has 0 unspecified atom stereocenters. The standard InChI is InChI=1S/C12H16SSi/c1-5-12(14(2,3)4)13-11-9-7-6-8-10-11/h6-10H,1H2,2-4H3. The molecule has 0 amide bonds. The van der Waals surface area contributed by atoms with Gasteiger partial charge in [-0.15, -0.1) is 5.73 Å². The van der Waals surface area contributed by atoms with Crippen molar-refractivity contribution in [2.24, 2.45) is 0 Å². The molecule has 0 saturated carbocycles. The molecular formula is C12H16SSi. The van der Waals surface area contributed by atoms with E-state index in [2.05, 4.69) is 56.2 Å². The van der Waals surface area contributed by atoms with Crippen LogP contribution in [0.4, 0.5) is 0 Å². The molecule has 0 nitrogen and oxygen atoms in total. The van der Waals surface area contributed by atoms with Gasteiger partial charge in [-0.1, -0.05) is 56.2 Å². The molecule has 0 aliphatic carbocycles. The third-order valence-electron chi connectivity index (χ3n) is 1.80. The first kappa shape index (κ1) is 11.4. The van der Waals surface area contributed by atoms with Gasteiger partial charge in [-0.05, 0) is 12.1 Å². The molecule has 0 aromatic heterocycles. The van der Waals surface area contributed by atoms with Crippen molar-refractivity contribution in [3.8, 4) is 0 Å². The van der Waals surface area contributed by atoms with E-state index < -0.39 is 8.07 Å². The van der Waals surface area contributed by atoms with Gasteiger partial charge in [0.15, 0.2) is 0 Å². The molecule has 0 atom stereocenters. The monoisotopic (exact) mass is 220 g/mol. The maximum Gasteiger partial charge on any atom is 0.0962 e. The van der Waals surface area contributed by atoms with Crippen LogP contribution in [0.15, 0.2) is 52.1 Å². The second-order valence-corrected chi connectivity index (χ2v) is 10.6. The van der Waals surface area contributed by atoms with Crippen molar-refractivity contribution in [1.82, 2.24) is 0 Å². The summed E-state index contributed by atoms with van der Waals surface area (Å²) in [6.07, 6.45) is 0. The van der Waals surface area contributed by atoms with Crippen LogP contribution in [0.3, 0.4) is 0 Å². The van der Waals surface area contributed by atoms with Crippen molar-refractivity contribution in [3.05, 3.63) is 47.2 Å². The first-order valence-electron chi connectivity index (χ1n) is 4.67. The highest BCUT2D eigenvalue weighted by Crippen LogP contribution is 2.31. The molecule has 0 spiro atoms. The minimum Gasteiger partial charge on any atom is -0.123 e. The molecule has 0 saturated heterocycles. The van der Waals surface area contributed by atoms with Gasteiger partial charge in [0.05, 0.1) is 8.07 Å². The summed E-state index contributed by atoms with van der Waals surface area (Å²) in [5.41, 5.74) is 3.08. The molecule has 2 heteroatoms. The molecule has 1 rings (SSSR count). The second-order valence-electron chi connectivity index (χ2n) is 4.17. The molecule has 0 radical (unpaired) electrons. The lowest BCUT2D eigenvalue weighted by molar-refractivity contribution is 1.47. The van der Waals surface area contributed by atoms with Crippen molar-refractivity contribution < 1.29 is 0 Å². The lowest BCUT2D eigenvalue weighted by Crippen LogP contribution is -2.21. The van der Waals surface area contributed by atoms with Crippen LogP contribution >= 0.6 is 11.8 Å². The summed E-state index contributed by atoms with van der Waals surface area (Å²) in [5, 5.41) is 0. The summed E-state index contributed by atoms with van der Waals surface area (Å²) in [5.74, 6) is 0. The fourth-order valence-electron chi connectivity index (χ4n) is 1.06. The lowest BCUT2D eigenvalue weighted by Gasteiger charge is -2.17. The van der Waals surface area contributed by atoms with E-state index in [1.54, 1.807) is 11.8 Å². The second kappa shape index (κ2) is 4.69. The Morgan fingerprint density at radius 2 is 1.79 bits per heavy atom. The molecule has 0 aliphatic rings. The number of thioether (sulfide) groups is 1. The zero-order valence-corrected chi connectivity index (χ0v) is 10.8.